The molecule has 2 heterocycles. The zero-order chi connectivity index (χ0) is 13.7. The van der Waals surface area contributed by atoms with Gasteiger partial charge in [-0.25, -0.2) is 4.98 Å². The van der Waals surface area contributed by atoms with Gasteiger partial charge in [-0.1, -0.05) is 32.0 Å². The molecule has 4 heteroatoms. The van der Waals surface area contributed by atoms with Gasteiger partial charge in [-0.3, -0.25) is 0 Å². The summed E-state index contributed by atoms with van der Waals surface area (Å²) in [6.07, 6.45) is 3.79. The second kappa shape index (κ2) is 4.17. The molecule has 2 aromatic rings. The van der Waals surface area contributed by atoms with E-state index in [9.17, 15) is 0 Å². The van der Waals surface area contributed by atoms with Crippen LogP contribution in [-0.4, -0.2) is 10.1 Å². The fourth-order valence-electron chi connectivity index (χ4n) is 3.41. The number of pyridine rings is 1. The molecule has 100 valence electrons. The zero-order valence-corrected chi connectivity index (χ0v) is 13.0. The third-order valence-electron chi connectivity index (χ3n) is 4.01. The molecule has 0 saturated carbocycles. The van der Waals surface area contributed by atoms with E-state index in [2.05, 4.69) is 52.9 Å². The van der Waals surface area contributed by atoms with Crippen LogP contribution in [0.2, 0.25) is 0 Å². The highest BCUT2D eigenvalue weighted by molar-refractivity contribution is 9.10. The number of nitrogens with zero attached hydrogens (tertiary/aromatic N) is 2. The summed E-state index contributed by atoms with van der Waals surface area (Å²) in [5.74, 6) is 1.03. The van der Waals surface area contributed by atoms with Crippen molar-refractivity contribution in [3.8, 4) is 0 Å². The van der Waals surface area contributed by atoms with Crippen LogP contribution in [-0.2, 0) is 17.3 Å². The summed E-state index contributed by atoms with van der Waals surface area (Å²) in [5.41, 5.74) is 2.34. The van der Waals surface area contributed by atoms with E-state index in [1.54, 1.807) is 0 Å². The first-order valence-corrected chi connectivity index (χ1v) is 7.27. The molecule has 0 amide bonds. The lowest BCUT2D eigenvalue weighted by atomic mass is 9.63. The Morgan fingerprint density at radius 1 is 1.26 bits per heavy atom. The van der Waals surface area contributed by atoms with Crippen LogP contribution in [0.3, 0.4) is 0 Å². The second-order valence-corrected chi connectivity index (χ2v) is 7.14. The monoisotopic (exact) mass is 320 g/mol. The Balaban J connectivity index is 2.08. The highest BCUT2D eigenvalue weighted by Gasteiger charge is 2.44. The molecule has 0 fully saturated rings. The van der Waals surface area contributed by atoms with Gasteiger partial charge in [0.1, 0.15) is 10.4 Å². The number of halogens is 1. The third-order valence-corrected chi connectivity index (χ3v) is 4.45. The predicted octanol–water partition coefficient (Wildman–Crippen LogP) is 4.01. The maximum absolute atomic E-state index is 5.44. The summed E-state index contributed by atoms with van der Waals surface area (Å²) < 4.78 is 6.33. The Bertz CT molecular complexity index is 620. The minimum atomic E-state index is -0.0111. The number of hydrogen-bond donors (Lipinski definition) is 0. The van der Waals surface area contributed by atoms with Crippen LogP contribution < -0.4 is 0 Å². The number of aromatic nitrogens is 2. The van der Waals surface area contributed by atoms with Crippen molar-refractivity contribution in [2.75, 3.05) is 0 Å². The van der Waals surface area contributed by atoms with Crippen molar-refractivity contribution < 1.29 is 4.52 Å². The first-order chi connectivity index (χ1) is 8.91. The van der Waals surface area contributed by atoms with Crippen molar-refractivity contribution in [3.05, 3.63) is 46.0 Å². The topological polar surface area (TPSA) is 38.9 Å². The molecule has 0 spiro atoms. The van der Waals surface area contributed by atoms with Gasteiger partial charge in [-0.05, 0) is 40.9 Å². The van der Waals surface area contributed by atoms with Crippen molar-refractivity contribution in [2.24, 2.45) is 0 Å². The van der Waals surface area contributed by atoms with E-state index in [-0.39, 0.29) is 10.8 Å². The molecule has 0 N–H and O–H groups in total. The molecule has 3 rings (SSSR count). The molecule has 0 saturated heterocycles. The van der Waals surface area contributed by atoms with Crippen LogP contribution in [0.5, 0.6) is 0 Å². The molecule has 0 aliphatic heterocycles. The lowest BCUT2D eigenvalue weighted by Crippen LogP contribution is -2.39. The third kappa shape index (κ3) is 2.12. The zero-order valence-electron chi connectivity index (χ0n) is 11.4. The molecule has 19 heavy (non-hydrogen) atoms. The van der Waals surface area contributed by atoms with E-state index in [0.717, 1.165) is 28.9 Å². The first kappa shape index (κ1) is 12.9. The molecule has 1 aliphatic rings. The lowest BCUT2D eigenvalue weighted by molar-refractivity contribution is 0.229. The van der Waals surface area contributed by atoms with Gasteiger partial charge >= 0.3 is 0 Å². The lowest BCUT2D eigenvalue weighted by Gasteiger charge is -2.40. The normalized spacial score (nSPS) is 25.1. The standard InChI is InChI=1S/C15H17BrN2O/c1-14(2)9-15(3,7-10-8-17-19-13(10)14)11-5-4-6-12(16)18-11/h4-6,8H,7,9H2,1-3H3. The molecule has 1 atom stereocenters. The fourth-order valence-corrected chi connectivity index (χ4v) is 3.75. The van der Waals surface area contributed by atoms with Crippen LogP contribution in [0.1, 0.15) is 44.2 Å². The Kier molecular flexibility index (Phi) is 2.82. The van der Waals surface area contributed by atoms with Gasteiger partial charge in [0.15, 0.2) is 0 Å². The quantitative estimate of drug-likeness (QED) is 0.745. The fraction of sp³-hybridized carbons (Fsp3) is 0.467. The van der Waals surface area contributed by atoms with Gasteiger partial charge in [-0.2, -0.15) is 0 Å². The van der Waals surface area contributed by atoms with E-state index in [4.69, 9.17) is 4.52 Å². The highest BCUT2D eigenvalue weighted by atomic mass is 79.9. The van der Waals surface area contributed by atoms with Gasteiger partial charge < -0.3 is 4.52 Å². The summed E-state index contributed by atoms with van der Waals surface area (Å²) in [7, 11) is 0. The maximum atomic E-state index is 5.44. The Morgan fingerprint density at radius 2 is 2.05 bits per heavy atom. The van der Waals surface area contributed by atoms with Gasteiger partial charge in [-0.15, -0.1) is 0 Å². The molecule has 0 bridgehead atoms. The first-order valence-electron chi connectivity index (χ1n) is 6.48. The number of rotatable bonds is 1. The Hall–Kier alpha value is -1.16. The SMILES string of the molecule is CC1(C)CC(C)(c2cccc(Br)n2)Cc2cnoc21. The summed E-state index contributed by atoms with van der Waals surface area (Å²) in [6, 6.07) is 6.12. The molecule has 1 aliphatic carbocycles. The summed E-state index contributed by atoms with van der Waals surface area (Å²) in [4.78, 5) is 4.66. The minimum Gasteiger partial charge on any atom is -0.361 e. The van der Waals surface area contributed by atoms with Crippen LogP contribution in [0.25, 0.3) is 0 Å². The summed E-state index contributed by atoms with van der Waals surface area (Å²) >= 11 is 3.46. The van der Waals surface area contributed by atoms with Gasteiger partial charge in [0.05, 0.1) is 6.20 Å². The average Bonchev–Trinajstić information content (AvgIpc) is 2.76. The van der Waals surface area contributed by atoms with Gasteiger partial charge in [0.25, 0.3) is 0 Å². The second-order valence-electron chi connectivity index (χ2n) is 6.32. The van der Waals surface area contributed by atoms with E-state index in [0.29, 0.717) is 0 Å². The number of hydrogen-bond acceptors (Lipinski definition) is 3. The molecule has 0 aromatic carbocycles. The molecular formula is C15H17BrN2O. The van der Waals surface area contributed by atoms with Gasteiger partial charge in [0.2, 0.25) is 0 Å². The average molecular weight is 321 g/mol. The molecule has 0 radical (unpaired) electrons. The van der Waals surface area contributed by atoms with Gasteiger partial charge in [0, 0.05) is 22.1 Å². The molecular weight excluding hydrogens is 304 g/mol. The number of fused-ring (bicyclic) bond motifs is 1. The van der Waals surface area contributed by atoms with Crippen molar-refractivity contribution >= 4 is 15.9 Å². The minimum absolute atomic E-state index is 0.0111. The van der Waals surface area contributed by atoms with Crippen LogP contribution in [0.4, 0.5) is 0 Å². The van der Waals surface area contributed by atoms with E-state index >= 15 is 0 Å². The van der Waals surface area contributed by atoms with Crippen LogP contribution >= 0.6 is 15.9 Å². The summed E-state index contributed by atoms with van der Waals surface area (Å²) in [5, 5.41) is 3.97. The summed E-state index contributed by atoms with van der Waals surface area (Å²) in [6.45, 7) is 6.71. The van der Waals surface area contributed by atoms with Crippen molar-refractivity contribution in [2.45, 2.75) is 44.4 Å². The van der Waals surface area contributed by atoms with E-state index in [1.807, 2.05) is 18.3 Å². The smallest absolute Gasteiger partial charge is 0.145 e. The molecule has 2 aromatic heterocycles. The molecule has 3 nitrogen and oxygen atoms in total. The maximum Gasteiger partial charge on any atom is 0.145 e. The van der Waals surface area contributed by atoms with Crippen molar-refractivity contribution in [3.63, 3.8) is 0 Å². The Morgan fingerprint density at radius 3 is 2.79 bits per heavy atom. The van der Waals surface area contributed by atoms with Crippen LogP contribution in [0, 0.1) is 0 Å². The van der Waals surface area contributed by atoms with Crippen molar-refractivity contribution in [1.82, 2.24) is 10.1 Å². The highest BCUT2D eigenvalue weighted by Crippen LogP contribution is 2.46. The molecule has 1 unspecified atom stereocenters. The van der Waals surface area contributed by atoms with Crippen molar-refractivity contribution in [1.29, 1.82) is 0 Å². The Labute approximate surface area is 121 Å². The van der Waals surface area contributed by atoms with E-state index < -0.39 is 0 Å². The largest absolute Gasteiger partial charge is 0.361 e. The van der Waals surface area contributed by atoms with E-state index in [1.165, 1.54) is 5.56 Å². The predicted molar refractivity (Wildman–Crippen MR) is 77.1 cm³/mol. The van der Waals surface area contributed by atoms with Crippen LogP contribution in [0.15, 0.2) is 33.5 Å².